The number of carboxylic acid groups (broad SMARTS) is 1. The van der Waals surface area contributed by atoms with Crippen molar-refractivity contribution in [3.05, 3.63) is 22.7 Å². The van der Waals surface area contributed by atoms with Gasteiger partial charge in [0, 0.05) is 17.5 Å². The molecule has 0 amide bonds. The maximum Gasteiger partial charge on any atom is 0.303 e. The molecule has 0 atom stereocenters. The van der Waals surface area contributed by atoms with Crippen molar-refractivity contribution in [1.82, 2.24) is 0 Å². The highest BCUT2D eigenvalue weighted by Crippen LogP contribution is 2.33. The number of benzene rings is 1. The highest BCUT2D eigenvalue weighted by atomic mass is 35.5. The fraction of sp³-hybridized carbons (Fsp3) is 0.308. The molecule has 0 radical (unpaired) electrons. The second kappa shape index (κ2) is 6.77. The van der Waals surface area contributed by atoms with Crippen molar-refractivity contribution < 1.29 is 19.4 Å². The molecule has 5 heteroatoms. The number of rotatable bonds is 6. The molecular weight excluding hydrogens is 256 g/mol. The van der Waals surface area contributed by atoms with Crippen LogP contribution in [0.4, 0.5) is 0 Å². The predicted molar refractivity (Wildman–Crippen MR) is 68.3 cm³/mol. The van der Waals surface area contributed by atoms with E-state index in [9.17, 15) is 4.79 Å². The standard InChI is InChI=1S/C13H13ClO4/c1-3-6-18-12-8-10(14)9(4-5-13(15)16)7-11(12)17-2/h1,7-8H,4-6H2,2H3,(H,15,16). The van der Waals surface area contributed by atoms with Gasteiger partial charge in [-0.2, -0.15) is 0 Å². The van der Waals surface area contributed by atoms with Gasteiger partial charge in [-0.3, -0.25) is 4.79 Å². The van der Waals surface area contributed by atoms with Crippen molar-refractivity contribution >= 4 is 17.6 Å². The molecule has 0 aliphatic heterocycles. The van der Waals surface area contributed by atoms with Crippen molar-refractivity contribution in [3.8, 4) is 23.8 Å². The smallest absolute Gasteiger partial charge is 0.303 e. The van der Waals surface area contributed by atoms with Gasteiger partial charge in [0.1, 0.15) is 6.61 Å². The van der Waals surface area contributed by atoms with Crippen LogP contribution in [0.25, 0.3) is 0 Å². The molecule has 4 nitrogen and oxygen atoms in total. The van der Waals surface area contributed by atoms with Gasteiger partial charge in [-0.15, -0.1) is 6.42 Å². The molecule has 0 aliphatic carbocycles. The number of aliphatic carboxylic acids is 1. The van der Waals surface area contributed by atoms with Gasteiger partial charge in [0.05, 0.1) is 7.11 Å². The Morgan fingerprint density at radius 1 is 1.50 bits per heavy atom. The lowest BCUT2D eigenvalue weighted by atomic mass is 10.1. The molecular formula is C13H13ClO4. The normalized spacial score (nSPS) is 9.61. The minimum absolute atomic E-state index is 0.00737. The Labute approximate surface area is 110 Å². The summed E-state index contributed by atoms with van der Waals surface area (Å²) in [4.78, 5) is 10.5. The lowest BCUT2D eigenvalue weighted by Gasteiger charge is -2.12. The van der Waals surface area contributed by atoms with Gasteiger partial charge >= 0.3 is 5.97 Å². The second-order valence-corrected chi connectivity index (χ2v) is 3.89. The first-order valence-corrected chi connectivity index (χ1v) is 5.60. The number of terminal acetylenes is 1. The SMILES string of the molecule is C#CCOc1cc(Cl)c(CCC(=O)O)cc1OC. The van der Waals surface area contributed by atoms with Crippen LogP contribution in [-0.4, -0.2) is 24.8 Å². The Hall–Kier alpha value is -1.86. The highest BCUT2D eigenvalue weighted by molar-refractivity contribution is 6.31. The monoisotopic (exact) mass is 268 g/mol. The topological polar surface area (TPSA) is 55.8 Å². The quantitative estimate of drug-likeness (QED) is 0.805. The van der Waals surface area contributed by atoms with Crippen LogP contribution in [0, 0.1) is 12.3 Å². The van der Waals surface area contributed by atoms with Gasteiger partial charge in [0.15, 0.2) is 11.5 Å². The minimum atomic E-state index is -0.877. The van der Waals surface area contributed by atoms with Gasteiger partial charge in [0.2, 0.25) is 0 Å². The molecule has 0 fully saturated rings. The number of ether oxygens (including phenoxy) is 2. The number of aryl methyl sites for hydroxylation is 1. The van der Waals surface area contributed by atoms with E-state index in [0.29, 0.717) is 28.5 Å². The predicted octanol–water partition coefficient (Wildman–Crippen LogP) is 2.38. The van der Waals surface area contributed by atoms with Crippen LogP contribution in [0.15, 0.2) is 12.1 Å². The first-order valence-electron chi connectivity index (χ1n) is 5.23. The molecule has 96 valence electrons. The van der Waals surface area contributed by atoms with E-state index < -0.39 is 5.97 Å². The van der Waals surface area contributed by atoms with E-state index in [4.69, 9.17) is 32.6 Å². The third-order valence-electron chi connectivity index (χ3n) is 2.25. The van der Waals surface area contributed by atoms with Gasteiger partial charge in [0.25, 0.3) is 0 Å². The number of carbonyl (C=O) groups is 1. The second-order valence-electron chi connectivity index (χ2n) is 3.48. The van der Waals surface area contributed by atoms with Crippen LogP contribution in [0.5, 0.6) is 11.5 Å². The van der Waals surface area contributed by atoms with Crippen LogP contribution < -0.4 is 9.47 Å². The lowest BCUT2D eigenvalue weighted by molar-refractivity contribution is -0.136. The summed E-state index contributed by atoms with van der Waals surface area (Å²) < 4.78 is 10.4. The van der Waals surface area contributed by atoms with Gasteiger partial charge in [-0.1, -0.05) is 17.5 Å². The fourth-order valence-corrected chi connectivity index (χ4v) is 1.65. The van der Waals surface area contributed by atoms with E-state index in [-0.39, 0.29) is 13.0 Å². The third-order valence-corrected chi connectivity index (χ3v) is 2.60. The van der Waals surface area contributed by atoms with E-state index in [1.807, 2.05) is 0 Å². The summed E-state index contributed by atoms with van der Waals surface area (Å²) in [6, 6.07) is 3.24. The van der Waals surface area contributed by atoms with E-state index in [1.54, 1.807) is 12.1 Å². The maximum atomic E-state index is 10.5. The largest absolute Gasteiger partial charge is 0.493 e. The Morgan fingerprint density at radius 3 is 2.78 bits per heavy atom. The van der Waals surface area contributed by atoms with E-state index in [2.05, 4.69) is 5.92 Å². The number of halogens is 1. The lowest BCUT2D eigenvalue weighted by Crippen LogP contribution is -2.01. The molecule has 0 saturated heterocycles. The van der Waals surface area contributed by atoms with Crippen molar-refractivity contribution in [2.45, 2.75) is 12.8 Å². The Bertz CT molecular complexity index is 477. The van der Waals surface area contributed by atoms with Crippen LogP contribution >= 0.6 is 11.6 Å². The molecule has 0 aromatic heterocycles. The molecule has 0 bridgehead atoms. The van der Waals surface area contributed by atoms with Crippen molar-refractivity contribution in [3.63, 3.8) is 0 Å². The van der Waals surface area contributed by atoms with Crippen LogP contribution in [-0.2, 0) is 11.2 Å². The van der Waals surface area contributed by atoms with Gasteiger partial charge in [-0.05, 0) is 18.1 Å². The molecule has 0 aliphatic rings. The molecule has 0 saturated carbocycles. The number of carboxylic acids is 1. The van der Waals surface area contributed by atoms with E-state index >= 15 is 0 Å². The maximum absolute atomic E-state index is 10.5. The summed E-state index contributed by atoms with van der Waals surface area (Å²) >= 11 is 6.04. The summed E-state index contributed by atoms with van der Waals surface area (Å²) in [5.74, 6) is 2.39. The summed E-state index contributed by atoms with van der Waals surface area (Å²) in [7, 11) is 1.49. The van der Waals surface area contributed by atoms with Crippen LogP contribution in [0.3, 0.4) is 0 Å². The Balaban J connectivity index is 2.95. The highest BCUT2D eigenvalue weighted by Gasteiger charge is 2.11. The molecule has 1 aromatic carbocycles. The summed E-state index contributed by atoms with van der Waals surface area (Å²) in [5.41, 5.74) is 0.698. The Kier molecular flexibility index (Phi) is 5.34. The number of methoxy groups -OCH3 is 1. The molecule has 0 spiro atoms. The zero-order valence-corrected chi connectivity index (χ0v) is 10.7. The Morgan fingerprint density at radius 2 is 2.22 bits per heavy atom. The van der Waals surface area contributed by atoms with E-state index in [1.165, 1.54) is 7.11 Å². The minimum Gasteiger partial charge on any atom is -0.493 e. The number of hydrogen-bond acceptors (Lipinski definition) is 3. The number of hydrogen-bond donors (Lipinski definition) is 1. The summed E-state index contributed by atoms with van der Waals surface area (Å²) in [5, 5.41) is 9.08. The zero-order chi connectivity index (χ0) is 13.5. The fourth-order valence-electron chi connectivity index (χ4n) is 1.40. The van der Waals surface area contributed by atoms with Gasteiger partial charge < -0.3 is 14.6 Å². The molecule has 0 heterocycles. The molecule has 18 heavy (non-hydrogen) atoms. The van der Waals surface area contributed by atoms with Crippen molar-refractivity contribution in [2.24, 2.45) is 0 Å². The molecule has 1 N–H and O–H groups in total. The average molecular weight is 269 g/mol. The summed E-state index contributed by atoms with van der Waals surface area (Å²) in [6.07, 6.45) is 5.44. The molecule has 0 unspecified atom stereocenters. The van der Waals surface area contributed by atoms with E-state index in [0.717, 1.165) is 0 Å². The summed E-state index contributed by atoms with van der Waals surface area (Å²) in [6.45, 7) is 0.112. The van der Waals surface area contributed by atoms with Crippen LogP contribution in [0.1, 0.15) is 12.0 Å². The van der Waals surface area contributed by atoms with Gasteiger partial charge in [-0.25, -0.2) is 0 Å². The molecule has 1 aromatic rings. The van der Waals surface area contributed by atoms with Crippen molar-refractivity contribution in [1.29, 1.82) is 0 Å². The zero-order valence-electron chi connectivity index (χ0n) is 9.90. The first kappa shape index (κ1) is 14.2. The third kappa shape index (κ3) is 3.86. The first-order chi connectivity index (χ1) is 8.58. The molecule has 1 rings (SSSR count). The van der Waals surface area contributed by atoms with Crippen molar-refractivity contribution in [2.75, 3.05) is 13.7 Å². The average Bonchev–Trinajstić information content (AvgIpc) is 2.34. The van der Waals surface area contributed by atoms with Crippen LogP contribution in [0.2, 0.25) is 5.02 Å².